The van der Waals surface area contributed by atoms with E-state index in [-0.39, 0.29) is 6.04 Å². The molecule has 0 radical (unpaired) electrons. The van der Waals surface area contributed by atoms with Crippen LogP contribution >= 0.6 is 11.3 Å². The van der Waals surface area contributed by atoms with Crippen LogP contribution in [0.5, 0.6) is 0 Å². The van der Waals surface area contributed by atoms with Gasteiger partial charge in [0.2, 0.25) is 10.0 Å². The van der Waals surface area contributed by atoms with E-state index < -0.39 is 10.0 Å². The Morgan fingerprint density at radius 1 is 1.32 bits per heavy atom. The molecule has 0 spiro atoms. The summed E-state index contributed by atoms with van der Waals surface area (Å²) in [6, 6.07) is 6.18. The summed E-state index contributed by atoms with van der Waals surface area (Å²) >= 11 is 1.54. The van der Waals surface area contributed by atoms with Gasteiger partial charge in [0.1, 0.15) is 5.76 Å². The summed E-state index contributed by atoms with van der Waals surface area (Å²) in [6.45, 7) is 3.41. The number of fused-ring (bicyclic) bond motifs is 1. The maximum atomic E-state index is 12.4. The van der Waals surface area contributed by atoms with Crippen molar-refractivity contribution in [1.29, 1.82) is 0 Å². The van der Waals surface area contributed by atoms with Gasteiger partial charge in [-0.1, -0.05) is 0 Å². The second kappa shape index (κ2) is 6.85. The Balaban J connectivity index is 1.38. The molecule has 1 saturated heterocycles. The Labute approximate surface area is 152 Å². The van der Waals surface area contributed by atoms with Crippen LogP contribution in [0.25, 0.3) is 0 Å². The third-order valence-corrected chi connectivity index (χ3v) is 8.13. The van der Waals surface area contributed by atoms with Gasteiger partial charge in [0, 0.05) is 37.6 Å². The van der Waals surface area contributed by atoms with Gasteiger partial charge in [-0.25, -0.2) is 8.42 Å². The first-order valence-corrected chi connectivity index (χ1v) is 10.9. The lowest BCUT2D eigenvalue weighted by atomic mass is 10.0. The molecule has 4 heterocycles. The lowest BCUT2D eigenvalue weighted by Crippen LogP contribution is -2.47. The molecule has 8 heteroatoms. The van der Waals surface area contributed by atoms with Gasteiger partial charge in [0.25, 0.3) is 0 Å². The number of hydrogen-bond acceptors (Lipinski definition) is 6. The monoisotopic (exact) mass is 381 g/mol. The van der Waals surface area contributed by atoms with Crippen molar-refractivity contribution in [3.05, 3.63) is 40.5 Å². The van der Waals surface area contributed by atoms with Gasteiger partial charge in [0.15, 0.2) is 0 Å². The van der Waals surface area contributed by atoms with Crippen molar-refractivity contribution in [2.45, 2.75) is 36.4 Å². The summed E-state index contributed by atoms with van der Waals surface area (Å²) < 4.78 is 31.7. The van der Waals surface area contributed by atoms with E-state index in [4.69, 9.17) is 4.42 Å². The summed E-state index contributed by atoms with van der Waals surface area (Å²) in [6.07, 6.45) is 3.85. The summed E-state index contributed by atoms with van der Waals surface area (Å²) in [7, 11) is -1.64. The summed E-state index contributed by atoms with van der Waals surface area (Å²) in [5, 5.41) is 5.58. The zero-order valence-corrected chi connectivity index (χ0v) is 15.9. The number of rotatable bonds is 4. The third kappa shape index (κ3) is 3.41. The van der Waals surface area contributed by atoms with Crippen LogP contribution in [0.2, 0.25) is 0 Å². The molecule has 1 N–H and O–H groups in total. The topological polar surface area (TPSA) is 65.8 Å². The summed E-state index contributed by atoms with van der Waals surface area (Å²) in [5.41, 5.74) is 0. The quantitative estimate of drug-likeness (QED) is 0.880. The summed E-state index contributed by atoms with van der Waals surface area (Å²) in [5.74, 6) is 1.01. The highest BCUT2D eigenvalue weighted by atomic mass is 32.2. The average Bonchev–Trinajstić information content (AvgIpc) is 3.26. The molecule has 0 aromatic carbocycles. The normalized spacial score (nSPS) is 25.1. The van der Waals surface area contributed by atoms with Crippen LogP contribution in [0.15, 0.2) is 39.2 Å². The van der Waals surface area contributed by atoms with Crippen LogP contribution in [0.3, 0.4) is 0 Å². The lowest BCUT2D eigenvalue weighted by molar-refractivity contribution is 0.170. The number of sulfonamides is 1. The Hall–Kier alpha value is -1.19. The average molecular weight is 382 g/mol. The van der Waals surface area contributed by atoms with E-state index in [1.807, 2.05) is 17.5 Å². The Morgan fingerprint density at radius 2 is 2.12 bits per heavy atom. The number of furan rings is 1. The highest BCUT2D eigenvalue weighted by Gasteiger charge is 2.36. The molecule has 1 atom stereocenters. The largest absolute Gasteiger partial charge is 0.468 e. The predicted molar refractivity (Wildman–Crippen MR) is 97.0 cm³/mol. The fourth-order valence-electron chi connectivity index (χ4n) is 3.68. The van der Waals surface area contributed by atoms with Crippen LogP contribution < -0.4 is 5.32 Å². The molecular weight excluding hydrogens is 358 g/mol. The van der Waals surface area contributed by atoms with E-state index in [9.17, 15) is 8.42 Å². The van der Waals surface area contributed by atoms with Gasteiger partial charge in [-0.15, -0.1) is 11.3 Å². The van der Waals surface area contributed by atoms with Gasteiger partial charge in [-0.2, -0.15) is 4.31 Å². The van der Waals surface area contributed by atoms with Crippen molar-refractivity contribution in [3.8, 4) is 0 Å². The Morgan fingerprint density at radius 3 is 2.84 bits per heavy atom. The first-order valence-electron chi connectivity index (χ1n) is 8.58. The van der Waals surface area contributed by atoms with Crippen molar-refractivity contribution < 1.29 is 12.8 Å². The van der Waals surface area contributed by atoms with Crippen molar-refractivity contribution in [2.75, 3.05) is 26.7 Å². The minimum atomic E-state index is -3.30. The van der Waals surface area contributed by atoms with Gasteiger partial charge in [-0.3, -0.25) is 4.90 Å². The van der Waals surface area contributed by atoms with Crippen molar-refractivity contribution >= 4 is 21.4 Å². The van der Waals surface area contributed by atoms with Crippen LogP contribution in [-0.4, -0.2) is 50.3 Å². The molecule has 25 heavy (non-hydrogen) atoms. The number of likely N-dealkylation sites (tertiary alicyclic amines) is 1. The zero-order valence-electron chi connectivity index (χ0n) is 14.2. The van der Waals surface area contributed by atoms with Gasteiger partial charge >= 0.3 is 0 Å². The van der Waals surface area contributed by atoms with E-state index in [1.54, 1.807) is 19.4 Å². The number of nitrogens with zero attached hydrogens (tertiary/aromatic N) is 2. The van der Waals surface area contributed by atoms with E-state index in [0.717, 1.165) is 43.1 Å². The zero-order chi connectivity index (χ0) is 17.4. The first-order chi connectivity index (χ1) is 12.0. The van der Waals surface area contributed by atoms with Gasteiger partial charge in [-0.05, 0) is 36.4 Å². The Bertz CT molecular complexity index is 808. The van der Waals surface area contributed by atoms with Crippen molar-refractivity contribution in [2.24, 2.45) is 0 Å². The number of piperidine rings is 1. The minimum Gasteiger partial charge on any atom is -0.468 e. The number of nitrogens with one attached hydrogen (secondary N) is 1. The van der Waals surface area contributed by atoms with Gasteiger partial charge < -0.3 is 9.73 Å². The maximum absolute atomic E-state index is 12.4. The smallest absolute Gasteiger partial charge is 0.244 e. The second-order valence-corrected chi connectivity index (χ2v) is 9.74. The van der Waals surface area contributed by atoms with E-state index in [2.05, 4.69) is 10.2 Å². The molecule has 136 valence electrons. The molecule has 1 fully saturated rings. The Kier molecular flexibility index (Phi) is 4.72. The first kappa shape index (κ1) is 17.2. The third-order valence-electron chi connectivity index (χ3n) is 5.09. The van der Waals surface area contributed by atoms with E-state index >= 15 is 0 Å². The van der Waals surface area contributed by atoms with Crippen LogP contribution in [0, 0.1) is 0 Å². The van der Waals surface area contributed by atoms with Crippen molar-refractivity contribution in [1.82, 2.24) is 14.5 Å². The summed E-state index contributed by atoms with van der Waals surface area (Å²) in [4.78, 5) is 3.83. The highest BCUT2D eigenvalue weighted by Crippen LogP contribution is 2.36. The predicted octanol–water partition coefficient (Wildman–Crippen LogP) is 2.27. The molecule has 0 aliphatic carbocycles. The number of likely N-dealkylation sites (N-methyl/N-ethyl adjacent to an activating group) is 1. The number of thiophene rings is 1. The molecule has 2 aliphatic rings. The molecule has 1 unspecified atom stereocenters. The van der Waals surface area contributed by atoms with Crippen LogP contribution in [0.4, 0.5) is 0 Å². The van der Waals surface area contributed by atoms with Crippen molar-refractivity contribution in [3.63, 3.8) is 0 Å². The molecule has 2 aliphatic heterocycles. The fraction of sp³-hybridized carbons (Fsp3) is 0.529. The molecule has 6 nitrogen and oxygen atoms in total. The maximum Gasteiger partial charge on any atom is 0.244 e. The molecule has 2 aromatic heterocycles. The SMILES string of the molecule is CN1CC(NC2CCN(Cc3ccco3)CC2)c2sccc2S1(=O)=O. The van der Waals surface area contributed by atoms with Gasteiger partial charge in [0.05, 0.1) is 23.7 Å². The molecule has 0 saturated carbocycles. The second-order valence-electron chi connectivity index (χ2n) is 6.78. The molecule has 0 amide bonds. The molecule has 0 bridgehead atoms. The number of hydrogen-bond donors (Lipinski definition) is 1. The minimum absolute atomic E-state index is 0.0881. The highest BCUT2D eigenvalue weighted by molar-refractivity contribution is 7.89. The molecule has 4 rings (SSSR count). The fourth-order valence-corrected chi connectivity index (χ4v) is 6.38. The van der Waals surface area contributed by atoms with Crippen LogP contribution in [0.1, 0.15) is 29.5 Å². The van der Waals surface area contributed by atoms with E-state index in [0.29, 0.717) is 17.5 Å². The van der Waals surface area contributed by atoms with Crippen LogP contribution in [-0.2, 0) is 16.6 Å². The van der Waals surface area contributed by atoms with E-state index in [1.165, 1.54) is 15.6 Å². The standard InChI is InChI=1S/C17H23N3O3S2/c1-19-12-15(17-16(6-10-24-17)25(19,21)22)18-13-4-7-20(8-5-13)11-14-3-2-9-23-14/h2-3,6,9-10,13,15,18H,4-5,7-8,11-12H2,1H3. The molecule has 2 aromatic rings. The lowest BCUT2D eigenvalue weighted by Gasteiger charge is -2.36. The molecular formula is C17H23N3O3S2.